The van der Waals surface area contributed by atoms with Gasteiger partial charge in [0.25, 0.3) is 0 Å². The van der Waals surface area contributed by atoms with E-state index < -0.39 is 29.2 Å². The number of hydrogen-bond donors (Lipinski definition) is 1. The molecule has 2 heterocycles. The van der Waals surface area contributed by atoms with Crippen LogP contribution in [0.4, 0.5) is 4.39 Å². The number of para-hydroxylation sites is 1. The molecule has 4 aromatic rings. The van der Waals surface area contributed by atoms with Crippen LogP contribution in [0.15, 0.2) is 71.3 Å². The topological polar surface area (TPSA) is 93.3 Å². The van der Waals surface area contributed by atoms with Crippen LogP contribution in [-0.2, 0) is 22.7 Å². The molecule has 0 aliphatic heterocycles. The summed E-state index contributed by atoms with van der Waals surface area (Å²) in [5, 5.41) is 11.1. The summed E-state index contributed by atoms with van der Waals surface area (Å²) in [5.74, 6) is -1.06. The van der Waals surface area contributed by atoms with Crippen LogP contribution in [0.25, 0.3) is 11.0 Å². The fourth-order valence-corrected chi connectivity index (χ4v) is 3.73. The minimum atomic E-state index is -1.23. The molecule has 2 aromatic carbocycles. The zero-order valence-corrected chi connectivity index (χ0v) is 19.2. The van der Waals surface area contributed by atoms with Gasteiger partial charge >= 0.3 is 0 Å². The SMILES string of the molecule is CC(C)(C)NC(=O)C(c1ccccc1F)N(Cc1ccco1)C(=O)Cn1nnc2ccccc21. The quantitative estimate of drug-likeness (QED) is 0.449. The molecule has 0 spiro atoms. The van der Waals surface area contributed by atoms with Crippen LogP contribution < -0.4 is 5.32 Å². The molecular weight excluding hydrogens is 437 g/mol. The second kappa shape index (κ2) is 9.46. The maximum Gasteiger partial charge on any atom is 0.247 e. The third-order valence-electron chi connectivity index (χ3n) is 5.19. The van der Waals surface area contributed by atoms with Gasteiger partial charge in [-0.1, -0.05) is 35.5 Å². The number of hydrogen-bond acceptors (Lipinski definition) is 5. The summed E-state index contributed by atoms with van der Waals surface area (Å²) in [7, 11) is 0. The first-order valence-electron chi connectivity index (χ1n) is 10.9. The largest absolute Gasteiger partial charge is 0.467 e. The van der Waals surface area contributed by atoms with Gasteiger partial charge in [0.05, 0.1) is 18.3 Å². The number of carbonyl (C=O) groups is 2. The Bertz CT molecular complexity index is 1290. The molecule has 8 nitrogen and oxygen atoms in total. The fraction of sp³-hybridized carbons (Fsp3) is 0.280. The maximum absolute atomic E-state index is 15.0. The van der Waals surface area contributed by atoms with Crippen LogP contribution in [0.3, 0.4) is 0 Å². The highest BCUT2D eigenvalue weighted by Gasteiger charge is 2.35. The molecule has 4 rings (SSSR count). The number of amides is 2. The van der Waals surface area contributed by atoms with Gasteiger partial charge in [-0.2, -0.15) is 0 Å². The molecule has 1 N–H and O–H groups in total. The van der Waals surface area contributed by atoms with Gasteiger partial charge < -0.3 is 14.6 Å². The molecule has 34 heavy (non-hydrogen) atoms. The lowest BCUT2D eigenvalue weighted by Gasteiger charge is -2.33. The maximum atomic E-state index is 15.0. The number of carbonyl (C=O) groups excluding carboxylic acids is 2. The zero-order chi connectivity index (χ0) is 24.3. The fourth-order valence-electron chi connectivity index (χ4n) is 3.73. The lowest BCUT2D eigenvalue weighted by Crippen LogP contribution is -2.49. The summed E-state index contributed by atoms with van der Waals surface area (Å²) >= 11 is 0. The van der Waals surface area contributed by atoms with E-state index >= 15 is 0 Å². The minimum Gasteiger partial charge on any atom is -0.467 e. The molecule has 0 aliphatic rings. The van der Waals surface area contributed by atoms with Crippen LogP contribution in [0.2, 0.25) is 0 Å². The normalized spacial score (nSPS) is 12.5. The second-order valence-corrected chi connectivity index (χ2v) is 9.00. The highest BCUT2D eigenvalue weighted by atomic mass is 19.1. The van der Waals surface area contributed by atoms with E-state index in [0.717, 1.165) is 0 Å². The first-order chi connectivity index (χ1) is 16.2. The monoisotopic (exact) mass is 463 g/mol. The van der Waals surface area contributed by atoms with Crippen LogP contribution in [-0.4, -0.2) is 37.2 Å². The van der Waals surface area contributed by atoms with Crippen molar-refractivity contribution in [3.63, 3.8) is 0 Å². The number of benzene rings is 2. The predicted molar refractivity (Wildman–Crippen MR) is 124 cm³/mol. The zero-order valence-electron chi connectivity index (χ0n) is 19.2. The molecular formula is C25H26FN5O3. The van der Waals surface area contributed by atoms with Crippen molar-refractivity contribution in [3.05, 3.63) is 84.1 Å². The van der Waals surface area contributed by atoms with Crippen molar-refractivity contribution in [3.8, 4) is 0 Å². The third kappa shape index (κ3) is 5.14. The molecule has 0 saturated heterocycles. The van der Waals surface area contributed by atoms with Gasteiger partial charge in [0.2, 0.25) is 11.8 Å². The van der Waals surface area contributed by atoms with E-state index in [4.69, 9.17) is 4.42 Å². The number of furan rings is 1. The molecule has 1 unspecified atom stereocenters. The summed E-state index contributed by atoms with van der Waals surface area (Å²) in [6.07, 6.45) is 1.48. The van der Waals surface area contributed by atoms with E-state index in [2.05, 4.69) is 15.6 Å². The first-order valence-corrected chi connectivity index (χ1v) is 10.9. The van der Waals surface area contributed by atoms with Gasteiger partial charge in [-0.05, 0) is 51.1 Å². The molecule has 1 atom stereocenters. The van der Waals surface area contributed by atoms with E-state index in [1.54, 1.807) is 30.3 Å². The van der Waals surface area contributed by atoms with Crippen LogP contribution >= 0.6 is 0 Å². The highest BCUT2D eigenvalue weighted by Crippen LogP contribution is 2.27. The van der Waals surface area contributed by atoms with E-state index in [1.807, 2.05) is 32.9 Å². The molecule has 0 aliphatic carbocycles. The van der Waals surface area contributed by atoms with Gasteiger partial charge in [-0.3, -0.25) is 9.59 Å². The smallest absolute Gasteiger partial charge is 0.247 e. The molecule has 2 aromatic heterocycles. The number of nitrogens with zero attached hydrogens (tertiary/aromatic N) is 4. The number of rotatable bonds is 7. The first kappa shape index (κ1) is 23.2. The van der Waals surface area contributed by atoms with Crippen LogP contribution in [0.5, 0.6) is 0 Å². The number of aromatic nitrogens is 3. The van der Waals surface area contributed by atoms with Crippen LogP contribution in [0, 0.1) is 5.82 Å². The summed E-state index contributed by atoms with van der Waals surface area (Å²) in [5.41, 5.74) is 0.814. The summed E-state index contributed by atoms with van der Waals surface area (Å²) in [4.78, 5) is 28.4. The Kier molecular flexibility index (Phi) is 6.45. The van der Waals surface area contributed by atoms with Gasteiger partial charge in [0, 0.05) is 11.1 Å². The average Bonchev–Trinajstić information content (AvgIpc) is 3.43. The van der Waals surface area contributed by atoms with Gasteiger partial charge in [0.15, 0.2) is 0 Å². The lowest BCUT2D eigenvalue weighted by molar-refractivity contribution is -0.143. The molecule has 0 fully saturated rings. The van der Waals surface area contributed by atoms with Crippen molar-refractivity contribution in [2.75, 3.05) is 0 Å². The molecule has 9 heteroatoms. The Morgan fingerprint density at radius 2 is 1.82 bits per heavy atom. The summed E-state index contributed by atoms with van der Waals surface area (Å²) < 4.78 is 21.9. The van der Waals surface area contributed by atoms with Crippen molar-refractivity contribution < 1.29 is 18.4 Å². The number of fused-ring (bicyclic) bond motifs is 1. The second-order valence-electron chi connectivity index (χ2n) is 9.00. The Balaban J connectivity index is 1.76. The standard InChI is InChI=1S/C25H26FN5O3/c1-25(2,3)27-24(33)23(18-10-4-5-11-19(18)26)30(15-17-9-8-14-34-17)22(32)16-31-21-13-7-6-12-20(21)28-29-31/h4-14,23H,15-16H2,1-3H3,(H,27,33). The Morgan fingerprint density at radius 3 is 2.53 bits per heavy atom. The lowest BCUT2D eigenvalue weighted by atomic mass is 10.0. The Labute approximate surface area is 196 Å². The molecule has 2 amide bonds. The minimum absolute atomic E-state index is 0.0327. The number of nitrogens with one attached hydrogen (secondary N) is 1. The Morgan fingerprint density at radius 1 is 1.09 bits per heavy atom. The molecule has 0 radical (unpaired) electrons. The van der Waals surface area contributed by atoms with Crippen molar-refractivity contribution in [1.82, 2.24) is 25.2 Å². The van der Waals surface area contributed by atoms with E-state index in [-0.39, 0.29) is 18.7 Å². The summed E-state index contributed by atoms with van der Waals surface area (Å²) in [6.45, 7) is 5.25. The Hall–Kier alpha value is -4.01. The van der Waals surface area contributed by atoms with Crippen molar-refractivity contribution in [2.24, 2.45) is 0 Å². The third-order valence-corrected chi connectivity index (χ3v) is 5.19. The summed E-state index contributed by atoms with van der Waals surface area (Å²) in [6, 6.07) is 15.4. The average molecular weight is 464 g/mol. The van der Waals surface area contributed by atoms with Crippen molar-refractivity contribution in [2.45, 2.75) is 45.4 Å². The van der Waals surface area contributed by atoms with E-state index in [0.29, 0.717) is 16.8 Å². The predicted octanol–water partition coefficient (Wildman–Crippen LogP) is 3.85. The highest BCUT2D eigenvalue weighted by molar-refractivity contribution is 5.89. The number of halogens is 1. The molecule has 176 valence electrons. The van der Waals surface area contributed by atoms with Gasteiger partial charge in [0.1, 0.15) is 29.7 Å². The van der Waals surface area contributed by atoms with Gasteiger partial charge in [-0.15, -0.1) is 5.10 Å². The molecule has 0 bridgehead atoms. The van der Waals surface area contributed by atoms with Crippen LogP contribution in [0.1, 0.15) is 38.1 Å². The van der Waals surface area contributed by atoms with Crippen molar-refractivity contribution in [1.29, 1.82) is 0 Å². The van der Waals surface area contributed by atoms with E-state index in [1.165, 1.54) is 34.0 Å². The molecule has 0 saturated carbocycles. The van der Waals surface area contributed by atoms with E-state index in [9.17, 15) is 14.0 Å². The van der Waals surface area contributed by atoms with Gasteiger partial charge in [-0.25, -0.2) is 9.07 Å². The van der Waals surface area contributed by atoms with Crippen molar-refractivity contribution >= 4 is 22.8 Å².